The van der Waals surface area contributed by atoms with Crippen molar-refractivity contribution in [1.82, 2.24) is 14.1 Å². The van der Waals surface area contributed by atoms with E-state index in [2.05, 4.69) is 14.9 Å². The lowest BCUT2D eigenvalue weighted by atomic mass is 10.2. The van der Waals surface area contributed by atoms with Crippen LogP contribution in [-0.2, 0) is 14.8 Å². The first-order valence-corrected chi connectivity index (χ1v) is 9.92. The first-order chi connectivity index (χ1) is 12.1. The van der Waals surface area contributed by atoms with Crippen molar-refractivity contribution in [1.29, 1.82) is 0 Å². The summed E-state index contributed by atoms with van der Waals surface area (Å²) in [5.41, 5.74) is 11.0. The Bertz CT molecular complexity index is 914. The number of nitrogens with two attached hydrogens (primary N) is 1. The Morgan fingerprint density at radius 2 is 1.92 bits per heavy atom. The zero-order valence-corrected chi connectivity index (χ0v) is 16.6. The Morgan fingerprint density at radius 1 is 1.31 bits per heavy atom. The molecule has 3 N–H and O–H groups in total. The average molecular weight is 396 g/mol. The third-order valence-electron chi connectivity index (χ3n) is 3.69. The molecule has 140 valence electrons. The number of nitrogens with one attached hydrogen (secondary N) is 1. The van der Waals surface area contributed by atoms with Crippen molar-refractivity contribution < 1.29 is 13.2 Å². The zero-order chi connectivity index (χ0) is 19.5. The lowest BCUT2D eigenvalue weighted by Crippen LogP contribution is -2.37. The molecule has 1 aromatic heterocycles. The van der Waals surface area contributed by atoms with Gasteiger partial charge in [-0.05, 0) is 44.4 Å². The van der Waals surface area contributed by atoms with Gasteiger partial charge in [-0.25, -0.2) is 13.8 Å². The standard InChI is InChI=1S/C16H21N5O3S2/c1-10-5-7-13(8-6-10)26(23,24)21(4)9-14(22)19-18-11(2)15-12(3)20-25-16(15)17/h5-8H,9,17H2,1-4H3,(H,19,22)/b18-11-. The Labute approximate surface area is 156 Å². The summed E-state index contributed by atoms with van der Waals surface area (Å²) in [5.74, 6) is -0.554. The summed E-state index contributed by atoms with van der Waals surface area (Å²) in [4.78, 5) is 12.2. The molecule has 0 aliphatic rings. The Kier molecular flexibility index (Phi) is 6.11. The molecule has 0 aliphatic carbocycles. The fourth-order valence-electron chi connectivity index (χ4n) is 2.24. The van der Waals surface area contributed by atoms with Crippen LogP contribution >= 0.6 is 11.5 Å². The summed E-state index contributed by atoms with van der Waals surface area (Å²) in [6, 6.07) is 6.43. The molecule has 0 fully saturated rings. The Morgan fingerprint density at radius 3 is 2.46 bits per heavy atom. The van der Waals surface area contributed by atoms with Gasteiger partial charge in [0.15, 0.2) is 0 Å². The largest absolute Gasteiger partial charge is 0.389 e. The smallest absolute Gasteiger partial charge is 0.255 e. The van der Waals surface area contributed by atoms with Crippen LogP contribution in [0.25, 0.3) is 0 Å². The minimum Gasteiger partial charge on any atom is -0.389 e. The predicted molar refractivity (Wildman–Crippen MR) is 103 cm³/mol. The molecule has 1 amide bonds. The average Bonchev–Trinajstić information content (AvgIpc) is 2.91. The number of aromatic nitrogens is 1. The predicted octanol–water partition coefficient (Wildman–Crippen LogP) is 1.50. The number of benzene rings is 1. The van der Waals surface area contributed by atoms with E-state index in [-0.39, 0.29) is 11.4 Å². The van der Waals surface area contributed by atoms with Crippen LogP contribution < -0.4 is 11.2 Å². The molecule has 0 atom stereocenters. The molecular formula is C16H21N5O3S2. The number of hydrogen-bond donors (Lipinski definition) is 2. The number of nitrogen functional groups attached to an aromatic ring is 1. The monoisotopic (exact) mass is 395 g/mol. The molecule has 0 bridgehead atoms. The lowest BCUT2D eigenvalue weighted by Gasteiger charge is -2.16. The number of likely N-dealkylation sites (N-methyl/N-ethyl adjacent to an activating group) is 1. The fraction of sp³-hybridized carbons (Fsp3) is 0.312. The van der Waals surface area contributed by atoms with Crippen LogP contribution in [0, 0.1) is 13.8 Å². The highest BCUT2D eigenvalue weighted by atomic mass is 32.2. The van der Waals surface area contributed by atoms with Gasteiger partial charge in [-0.1, -0.05) is 17.7 Å². The summed E-state index contributed by atoms with van der Waals surface area (Å²) in [6.07, 6.45) is 0. The number of anilines is 1. The van der Waals surface area contributed by atoms with Gasteiger partial charge in [0.05, 0.1) is 28.4 Å². The first-order valence-electron chi connectivity index (χ1n) is 7.71. The number of aryl methyl sites for hydroxylation is 2. The minimum atomic E-state index is -3.75. The van der Waals surface area contributed by atoms with Gasteiger partial charge in [0.2, 0.25) is 10.0 Å². The number of hydrogen-bond acceptors (Lipinski definition) is 7. The van der Waals surface area contributed by atoms with Crippen LogP contribution in [0.1, 0.15) is 23.7 Å². The van der Waals surface area contributed by atoms with Crippen LogP contribution in [0.2, 0.25) is 0 Å². The van der Waals surface area contributed by atoms with Gasteiger partial charge in [-0.2, -0.15) is 13.8 Å². The van der Waals surface area contributed by atoms with Gasteiger partial charge in [-0.15, -0.1) is 0 Å². The van der Waals surface area contributed by atoms with Crippen molar-refractivity contribution in [2.45, 2.75) is 25.7 Å². The van der Waals surface area contributed by atoms with E-state index in [9.17, 15) is 13.2 Å². The molecule has 0 unspecified atom stereocenters. The number of carbonyl (C=O) groups excluding carboxylic acids is 1. The maximum atomic E-state index is 12.5. The molecular weight excluding hydrogens is 374 g/mol. The summed E-state index contributed by atoms with van der Waals surface area (Å²) in [5, 5.41) is 4.50. The molecule has 2 rings (SSSR count). The molecule has 0 saturated heterocycles. The zero-order valence-electron chi connectivity index (χ0n) is 15.0. The van der Waals surface area contributed by atoms with Gasteiger partial charge < -0.3 is 5.73 Å². The van der Waals surface area contributed by atoms with Gasteiger partial charge in [0.25, 0.3) is 5.91 Å². The number of nitrogens with zero attached hydrogens (tertiary/aromatic N) is 3. The van der Waals surface area contributed by atoms with E-state index in [1.54, 1.807) is 26.0 Å². The van der Waals surface area contributed by atoms with Crippen molar-refractivity contribution in [3.63, 3.8) is 0 Å². The first kappa shape index (κ1) is 20.0. The number of rotatable bonds is 6. The summed E-state index contributed by atoms with van der Waals surface area (Å²) >= 11 is 1.15. The maximum Gasteiger partial charge on any atom is 0.255 e. The SMILES string of the molecule is C/C(=N/NC(=O)CN(C)S(=O)(=O)c1ccc(C)cc1)c1c(C)nsc1N. The Hall–Kier alpha value is -2.30. The van der Waals surface area contributed by atoms with E-state index in [4.69, 9.17) is 5.73 Å². The second-order valence-corrected chi connectivity index (χ2v) is 8.66. The molecule has 0 radical (unpaired) electrons. The third kappa shape index (κ3) is 4.45. The van der Waals surface area contributed by atoms with Crippen LogP contribution in [0.4, 0.5) is 5.00 Å². The highest BCUT2D eigenvalue weighted by Gasteiger charge is 2.22. The lowest BCUT2D eigenvalue weighted by molar-refractivity contribution is -0.121. The van der Waals surface area contributed by atoms with E-state index in [1.807, 2.05) is 6.92 Å². The Balaban J connectivity index is 2.05. The maximum absolute atomic E-state index is 12.5. The van der Waals surface area contributed by atoms with E-state index >= 15 is 0 Å². The van der Waals surface area contributed by atoms with Crippen LogP contribution in [0.15, 0.2) is 34.3 Å². The van der Waals surface area contributed by atoms with Crippen molar-refractivity contribution in [2.75, 3.05) is 19.3 Å². The fourth-order valence-corrected chi connectivity index (χ4v) is 4.08. The van der Waals surface area contributed by atoms with Gasteiger partial charge in [0, 0.05) is 7.05 Å². The topological polar surface area (TPSA) is 118 Å². The number of carbonyl (C=O) groups is 1. The van der Waals surface area contributed by atoms with Crippen molar-refractivity contribution >= 4 is 38.2 Å². The van der Waals surface area contributed by atoms with Crippen molar-refractivity contribution in [3.8, 4) is 0 Å². The van der Waals surface area contributed by atoms with Crippen LogP contribution in [0.3, 0.4) is 0 Å². The molecule has 1 aromatic carbocycles. The van der Waals surface area contributed by atoms with E-state index in [0.717, 1.165) is 27.1 Å². The number of hydrazone groups is 1. The molecule has 10 heteroatoms. The van der Waals surface area contributed by atoms with Crippen molar-refractivity contribution in [3.05, 3.63) is 41.1 Å². The molecule has 1 heterocycles. The highest BCUT2D eigenvalue weighted by molar-refractivity contribution is 7.89. The normalized spacial score (nSPS) is 12.4. The summed E-state index contributed by atoms with van der Waals surface area (Å²) in [6.45, 7) is 5.00. The molecule has 0 spiro atoms. The molecule has 8 nitrogen and oxygen atoms in total. The van der Waals surface area contributed by atoms with Crippen molar-refractivity contribution in [2.24, 2.45) is 5.10 Å². The van der Waals surface area contributed by atoms with Gasteiger partial charge >= 0.3 is 0 Å². The molecule has 0 aliphatic heterocycles. The quantitative estimate of drug-likeness (QED) is 0.568. The minimum absolute atomic E-state index is 0.130. The molecule has 0 saturated carbocycles. The van der Waals surface area contributed by atoms with E-state index < -0.39 is 15.9 Å². The third-order valence-corrected chi connectivity index (χ3v) is 6.28. The van der Waals surface area contributed by atoms with Gasteiger partial charge in [0.1, 0.15) is 5.00 Å². The summed E-state index contributed by atoms with van der Waals surface area (Å²) in [7, 11) is -2.41. The second kappa shape index (κ2) is 7.94. The highest BCUT2D eigenvalue weighted by Crippen LogP contribution is 2.21. The van der Waals surface area contributed by atoms with E-state index in [1.165, 1.54) is 19.2 Å². The molecule has 26 heavy (non-hydrogen) atoms. The summed E-state index contributed by atoms with van der Waals surface area (Å²) < 4.78 is 30.1. The van der Waals surface area contributed by atoms with Gasteiger partial charge in [-0.3, -0.25) is 4.79 Å². The number of amides is 1. The second-order valence-electron chi connectivity index (χ2n) is 5.81. The number of sulfonamides is 1. The molecule has 2 aromatic rings. The van der Waals surface area contributed by atoms with E-state index in [0.29, 0.717) is 16.3 Å². The van der Waals surface area contributed by atoms with Crippen LogP contribution in [-0.4, -0.2) is 42.3 Å². The van der Waals surface area contributed by atoms with Crippen LogP contribution in [0.5, 0.6) is 0 Å².